The van der Waals surface area contributed by atoms with Crippen molar-refractivity contribution in [2.45, 2.75) is 158 Å². The van der Waals surface area contributed by atoms with E-state index in [0.29, 0.717) is 58.6 Å². The number of thiazole rings is 5. The van der Waals surface area contributed by atoms with Crippen LogP contribution in [0.3, 0.4) is 0 Å². The molecule has 5 aromatic heterocycles. The number of amides is 8. The van der Waals surface area contributed by atoms with E-state index in [4.69, 9.17) is 9.84 Å². The van der Waals surface area contributed by atoms with Crippen LogP contribution in [0.25, 0.3) is 0 Å². The number of carboxylic acid groups (broad SMARTS) is 1. The van der Waals surface area contributed by atoms with E-state index in [1.807, 2.05) is 122 Å². The van der Waals surface area contributed by atoms with E-state index in [1.165, 1.54) is 80.3 Å². The van der Waals surface area contributed by atoms with Crippen LogP contribution < -0.4 is 45.2 Å². The second-order valence-electron chi connectivity index (χ2n) is 24.4. The minimum atomic E-state index is -1.03. The number of halogens is 6. The number of alkyl carbamates (subject to hydrolysis) is 1. The molecule has 2 aromatic carbocycles. The van der Waals surface area contributed by atoms with E-state index >= 15 is 0 Å². The van der Waals surface area contributed by atoms with Gasteiger partial charge in [0.15, 0.2) is 6.04 Å². The van der Waals surface area contributed by atoms with E-state index in [-0.39, 0.29) is 91.7 Å². The standard InChI is InChI=1S/C34H42N6O4S2.C12H19N3O3S.C11H17N3O3S.C7H11NO3.C5H8N2S.CH4.I3.I2.HI/c1-24(2)31(39-33(42)40(3)19-29-21-45-23-36-29)32(41)37-27(16-25-10-6-4-7-11-25)14-15-28(17-26-12-8-5-9-13-26)38-34(43)44-20-30-18-35-22-46-30;1-8(2)10(11(16)18-4)14-12(17)15(3)5-9-6-19-7-13-9;1-7(2)9(10(15)16)13-11(17)14(3)4-8-5-18-6-12-8;1-5(2)6(8-4-9)7(10)11-3;1-6-2-5-3-8-4-7-5;;1-3-2;1-2;/h4-13,18,21-24,27-28,31H,14-17,19-20H2,1-3H3,(H,37,41)(H,38,43)(H,39,42);6-8,10H,5H2,1-4H3,(H,14,17);5-7,9H,4H2,1-3H3,(H,13,17)(H,15,16);5-6H,1-3H3;3-4,6H,2H2,1H3;1H4;;;1H/q;;;;;;-1;;/t27-,28-,31+;10-;9-;6-;;;;;/m1000...../s1. The molecular weight excluding hydrogens is 2180 g/mol. The molecule has 0 saturated heterocycles. The van der Waals surface area contributed by atoms with Crippen molar-refractivity contribution in [3.05, 3.63) is 155 Å². The van der Waals surface area contributed by atoms with Crippen LogP contribution in [0.4, 0.5) is 19.2 Å². The SMILES string of the molecule is C.CC(C)[C@H](NC(=O)N(C)Cc1cscn1)C(=O)N[C@H](CC[C@H](Cc1ccccc1)NC(=O)OCc1cncs1)Cc1ccccc1.CC(C)[C@H](NC(=O)N(C)Cc1cscn1)C(=O)O.CNCc1cscn1.COC(=O)[C@@H](N=C=O)C(C)C.COC(=O)[C@@H](NC(=O)N(C)Cc1cscn1)C(C)C.I.II.I[I-]I. The van der Waals surface area contributed by atoms with Crippen molar-refractivity contribution < 1.29 is 75.7 Å². The molecule has 7 rings (SSSR count). The third kappa shape index (κ3) is 46.9. The van der Waals surface area contributed by atoms with Crippen molar-refractivity contribution in [1.29, 1.82) is 0 Å². The number of aromatic nitrogens is 5. The zero-order chi connectivity index (χ0) is 80.2. The van der Waals surface area contributed by atoms with Crippen LogP contribution in [0, 0.1) is 23.7 Å². The van der Waals surface area contributed by atoms with E-state index < -0.39 is 54.2 Å². The Labute approximate surface area is 731 Å². The molecule has 0 aliphatic carbocycles. The first-order valence-electron chi connectivity index (χ1n) is 32.9. The first-order valence-corrected chi connectivity index (χ1v) is 56.5. The zero-order valence-corrected chi connectivity index (χ0v) is 79.6. The van der Waals surface area contributed by atoms with Gasteiger partial charge in [0.05, 0.1) is 89.1 Å². The predicted octanol–water partition coefficient (Wildman–Crippen LogP) is 11.9. The quantitative estimate of drug-likeness (QED) is 0.00698. The summed E-state index contributed by atoms with van der Waals surface area (Å²) in [6.45, 7) is 16.7. The van der Waals surface area contributed by atoms with E-state index in [1.54, 1.807) is 88.4 Å². The monoisotopic (exact) mass is 2280 g/mol. The number of isocyanates is 1. The number of methoxy groups -OCH3 is 2. The molecule has 0 spiro atoms. The number of carboxylic acids is 1. The molecule has 0 unspecified atom stereocenters. The number of benzene rings is 2. The maximum absolute atomic E-state index is 13.7. The van der Waals surface area contributed by atoms with Gasteiger partial charge in [-0.1, -0.05) is 123 Å². The van der Waals surface area contributed by atoms with Gasteiger partial charge in [-0.2, -0.15) is 4.99 Å². The number of carbonyl (C=O) groups excluding carboxylic acids is 8. The Hall–Kier alpha value is -4.73. The Bertz CT molecular complexity index is 3590. The molecule has 28 nitrogen and oxygen atoms in total. The van der Waals surface area contributed by atoms with Gasteiger partial charge in [0.25, 0.3) is 0 Å². The zero-order valence-electron chi connectivity index (χ0n) is 62.4. The summed E-state index contributed by atoms with van der Waals surface area (Å²) < 4.78 is 14.6. The maximum atomic E-state index is 13.7. The first kappa shape index (κ1) is 106. The second kappa shape index (κ2) is 63.6. The number of aliphatic carboxylic acids is 1. The molecule has 0 saturated carbocycles. The molecule has 39 heteroatoms. The number of esters is 2. The van der Waals surface area contributed by atoms with Gasteiger partial charge in [0, 0.05) is 105 Å². The molecule has 109 heavy (non-hydrogen) atoms. The summed E-state index contributed by atoms with van der Waals surface area (Å²) in [4.78, 5) is 136. The van der Waals surface area contributed by atoms with Gasteiger partial charge in [0.2, 0.25) is 12.0 Å². The molecule has 608 valence electrons. The third-order valence-corrected chi connectivity index (χ3v) is 17.9. The van der Waals surface area contributed by atoms with Crippen molar-refractivity contribution in [3.63, 3.8) is 0 Å². The number of rotatable bonds is 31. The fraction of sp³-hybridized carbons (Fsp3) is 0.486. The van der Waals surface area contributed by atoms with Crippen LogP contribution >= 0.6 is 155 Å². The molecule has 8 amide bonds. The number of nitrogens with one attached hydrogen (secondary N) is 6. The number of ether oxygens (including phenoxy) is 3. The molecule has 0 aliphatic rings. The van der Waals surface area contributed by atoms with Crippen LogP contribution in [-0.2, 0) is 83.8 Å². The predicted molar refractivity (Wildman–Crippen MR) is 474 cm³/mol. The second-order valence-corrected chi connectivity index (χ2v) is 44.5. The molecular formula is C70H102I6N15O13S5-. The average molecular weight is 2280 g/mol. The van der Waals surface area contributed by atoms with Gasteiger partial charge in [-0.3, -0.25) is 9.78 Å². The Balaban J connectivity index is 0. The van der Waals surface area contributed by atoms with Crippen LogP contribution in [0.2, 0.25) is 0 Å². The van der Waals surface area contributed by atoms with E-state index in [9.17, 15) is 43.2 Å². The van der Waals surface area contributed by atoms with Gasteiger partial charge in [0.1, 0.15) is 24.7 Å². The average Bonchev–Trinajstić information content (AvgIpc) is 1.12. The van der Waals surface area contributed by atoms with Gasteiger partial charge in [-0.15, -0.1) is 80.7 Å². The number of urea groups is 3. The van der Waals surface area contributed by atoms with Gasteiger partial charge < -0.3 is 65.9 Å². The van der Waals surface area contributed by atoms with Crippen LogP contribution in [0.1, 0.15) is 114 Å². The molecule has 5 heterocycles. The normalized spacial score (nSPS) is 11.8. The number of hydrogen-bond donors (Lipinski definition) is 7. The number of aliphatic imine (C=N–C) groups is 1. The van der Waals surface area contributed by atoms with Crippen LogP contribution in [0.5, 0.6) is 0 Å². The molecule has 7 aromatic rings. The van der Waals surface area contributed by atoms with Gasteiger partial charge in [-0.25, -0.2) is 58.3 Å². The molecule has 0 bridgehead atoms. The van der Waals surface area contributed by atoms with Crippen molar-refractivity contribution in [1.82, 2.24) is 71.5 Å². The molecule has 0 aliphatic heterocycles. The topological polar surface area (TPSA) is 360 Å². The Kier molecular flexibility index (Phi) is 62.1. The van der Waals surface area contributed by atoms with Crippen molar-refractivity contribution in [2.24, 2.45) is 28.7 Å². The summed E-state index contributed by atoms with van der Waals surface area (Å²) in [6.07, 6.45) is 4.92. The van der Waals surface area contributed by atoms with Crippen molar-refractivity contribution in [2.75, 3.05) is 42.4 Å². The van der Waals surface area contributed by atoms with E-state index in [2.05, 4.69) is 146 Å². The summed E-state index contributed by atoms with van der Waals surface area (Å²) >= 11 is 17.0. The number of nitrogens with zero attached hydrogens (tertiary/aromatic N) is 9. The molecule has 0 radical (unpaired) electrons. The number of carbonyl (C=O) groups is 8. The Morgan fingerprint density at radius 1 is 0.569 bits per heavy atom. The third-order valence-electron chi connectivity index (χ3n) is 14.6. The van der Waals surface area contributed by atoms with Gasteiger partial charge >= 0.3 is 92.6 Å². The minimum absolute atomic E-state index is 0. The fourth-order valence-corrected chi connectivity index (χ4v) is 11.8. The van der Waals surface area contributed by atoms with Crippen molar-refractivity contribution >= 4 is 209 Å². The van der Waals surface area contributed by atoms with E-state index in [0.717, 1.165) is 45.3 Å². The molecule has 6 atom stereocenters. The van der Waals surface area contributed by atoms with Gasteiger partial charge in [-0.05, 0) is 67.5 Å². The molecule has 0 fully saturated rings. The molecule has 7 N–H and O–H groups in total. The van der Waals surface area contributed by atoms with Crippen molar-refractivity contribution in [3.8, 4) is 0 Å². The first-order chi connectivity index (χ1) is 51.1. The summed E-state index contributed by atoms with van der Waals surface area (Å²) in [5.74, 6) is -2.60. The Morgan fingerprint density at radius 3 is 1.28 bits per heavy atom. The summed E-state index contributed by atoms with van der Waals surface area (Å²) in [5, 5.41) is 34.0. The summed E-state index contributed by atoms with van der Waals surface area (Å²) in [5.41, 5.74) is 14.4. The summed E-state index contributed by atoms with van der Waals surface area (Å²) in [7, 11) is 9.43. The van der Waals surface area contributed by atoms with Crippen LogP contribution in [-0.4, -0.2) is 177 Å². The fourth-order valence-electron chi connectivity index (χ4n) is 9.05. The summed E-state index contributed by atoms with van der Waals surface area (Å²) in [6, 6.07) is 15.4. The number of hydrogen-bond acceptors (Lipinski definition) is 24. The Morgan fingerprint density at radius 2 is 0.954 bits per heavy atom. The van der Waals surface area contributed by atoms with Crippen LogP contribution in [0.15, 0.2) is 121 Å².